The van der Waals surface area contributed by atoms with Crippen molar-refractivity contribution in [2.24, 2.45) is 0 Å². The molecule has 0 spiro atoms. The SMILES string of the molecule is Cc1c(Cl)cccc1NC(=O)COC(=O)/C=C/c1ccc(Cl)c([N+](=O)[O-])c1. The third kappa shape index (κ3) is 5.80. The first kappa shape index (κ1) is 20.4. The number of carbonyl (C=O) groups is 2. The van der Waals surface area contributed by atoms with Crippen molar-refractivity contribution in [3.63, 3.8) is 0 Å². The van der Waals surface area contributed by atoms with E-state index in [-0.39, 0.29) is 10.7 Å². The average molecular weight is 409 g/mol. The Morgan fingerprint density at radius 3 is 2.67 bits per heavy atom. The fourth-order valence-corrected chi connectivity index (χ4v) is 2.41. The van der Waals surface area contributed by atoms with Crippen molar-refractivity contribution in [1.82, 2.24) is 0 Å². The van der Waals surface area contributed by atoms with Crippen LogP contribution in [0.5, 0.6) is 0 Å². The van der Waals surface area contributed by atoms with Crippen LogP contribution >= 0.6 is 23.2 Å². The number of nitro benzene ring substituents is 1. The van der Waals surface area contributed by atoms with Crippen molar-refractivity contribution in [2.45, 2.75) is 6.92 Å². The van der Waals surface area contributed by atoms with Crippen LogP contribution in [0.3, 0.4) is 0 Å². The largest absolute Gasteiger partial charge is 0.452 e. The third-order valence-electron chi connectivity index (χ3n) is 3.47. The first-order chi connectivity index (χ1) is 12.8. The lowest BCUT2D eigenvalue weighted by atomic mass is 10.2. The van der Waals surface area contributed by atoms with Crippen LogP contribution in [0.4, 0.5) is 11.4 Å². The number of hydrogen-bond acceptors (Lipinski definition) is 5. The van der Waals surface area contributed by atoms with Gasteiger partial charge in [-0.3, -0.25) is 14.9 Å². The molecular weight excluding hydrogens is 395 g/mol. The van der Waals surface area contributed by atoms with E-state index in [2.05, 4.69) is 5.32 Å². The highest BCUT2D eigenvalue weighted by molar-refractivity contribution is 6.32. The lowest BCUT2D eigenvalue weighted by Gasteiger charge is -2.09. The number of amides is 1. The van der Waals surface area contributed by atoms with Crippen molar-refractivity contribution < 1.29 is 19.2 Å². The van der Waals surface area contributed by atoms with Crippen molar-refractivity contribution >= 4 is 52.5 Å². The van der Waals surface area contributed by atoms with E-state index in [0.29, 0.717) is 21.8 Å². The Bertz CT molecular complexity index is 928. The molecule has 0 aliphatic carbocycles. The molecule has 140 valence electrons. The molecule has 2 aromatic carbocycles. The van der Waals surface area contributed by atoms with Gasteiger partial charge in [-0.2, -0.15) is 0 Å². The van der Waals surface area contributed by atoms with Crippen LogP contribution in [0.1, 0.15) is 11.1 Å². The summed E-state index contributed by atoms with van der Waals surface area (Å²) in [6.07, 6.45) is 2.38. The lowest BCUT2D eigenvalue weighted by Crippen LogP contribution is -2.20. The normalized spacial score (nSPS) is 10.6. The summed E-state index contributed by atoms with van der Waals surface area (Å²) in [6, 6.07) is 9.14. The Hall–Kier alpha value is -2.90. The first-order valence-electron chi connectivity index (χ1n) is 7.61. The molecule has 1 N–H and O–H groups in total. The number of halogens is 2. The van der Waals surface area contributed by atoms with E-state index >= 15 is 0 Å². The van der Waals surface area contributed by atoms with Crippen LogP contribution in [0.2, 0.25) is 10.0 Å². The van der Waals surface area contributed by atoms with Gasteiger partial charge >= 0.3 is 5.97 Å². The van der Waals surface area contributed by atoms with Crippen molar-refractivity contribution in [3.05, 3.63) is 73.8 Å². The standard InChI is InChI=1S/C18H14Cl2N2O5/c1-11-13(19)3-2-4-15(11)21-17(23)10-27-18(24)8-6-12-5-7-14(20)16(9-12)22(25)26/h2-9H,10H2,1H3,(H,21,23)/b8-6+. The van der Waals surface area contributed by atoms with Crippen LogP contribution < -0.4 is 5.32 Å². The third-order valence-corrected chi connectivity index (χ3v) is 4.20. The molecule has 2 rings (SSSR count). The summed E-state index contributed by atoms with van der Waals surface area (Å²) in [5.41, 5.74) is 1.33. The maximum atomic E-state index is 11.9. The fourth-order valence-electron chi connectivity index (χ4n) is 2.05. The Labute approximate surface area is 164 Å². The minimum atomic E-state index is -0.773. The minimum absolute atomic E-state index is 0.00675. The molecule has 0 unspecified atom stereocenters. The molecule has 0 aliphatic heterocycles. The van der Waals surface area contributed by atoms with E-state index in [1.165, 1.54) is 24.3 Å². The van der Waals surface area contributed by atoms with E-state index in [4.69, 9.17) is 27.9 Å². The molecule has 1 amide bonds. The number of nitrogens with zero attached hydrogens (tertiary/aromatic N) is 1. The zero-order valence-corrected chi connectivity index (χ0v) is 15.6. The second kappa shape index (κ2) is 9.16. The zero-order chi connectivity index (χ0) is 20.0. The monoisotopic (exact) mass is 408 g/mol. The molecule has 0 aliphatic rings. The van der Waals surface area contributed by atoms with E-state index in [1.54, 1.807) is 25.1 Å². The Morgan fingerprint density at radius 1 is 1.22 bits per heavy atom. The molecular formula is C18H14Cl2N2O5. The second-order valence-electron chi connectivity index (χ2n) is 5.37. The van der Waals surface area contributed by atoms with E-state index in [9.17, 15) is 19.7 Å². The van der Waals surface area contributed by atoms with Gasteiger partial charge in [0.2, 0.25) is 0 Å². The number of hydrogen-bond donors (Lipinski definition) is 1. The van der Waals surface area contributed by atoms with Gasteiger partial charge in [0.15, 0.2) is 6.61 Å². The van der Waals surface area contributed by atoms with Crippen molar-refractivity contribution in [2.75, 3.05) is 11.9 Å². The molecule has 0 bridgehead atoms. The molecule has 0 fully saturated rings. The predicted molar refractivity (Wildman–Crippen MR) is 103 cm³/mol. The van der Waals surface area contributed by atoms with Crippen LogP contribution in [0.25, 0.3) is 6.08 Å². The minimum Gasteiger partial charge on any atom is -0.452 e. The first-order valence-corrected chi connectivity index (χ1v) is 8.37. The number of rotatable bonds is 6. The van der Waals surface area contributed by atoms with Crippen LogP contribution in [0.15, 0.2) is 42.5 Å². The number of anilines is 1. The van der Waals surface area contributed by atoms with E-state index < -0.39 is 23.4 Å². The maximum absolute atomic E-state index is 11.9. The molecule has 0 radical (unpaired) electrons. The quantitative estimate of drug-likeness (QED) is 0.330. The molecule has 0 heterocycles. The molecule has 0 atom stereocenters. The van der Waals surface area contributed by atoms with Gasteiger partial charge in [0, 0.05) is 22.9 Å². The Balaban J connectivity index is 1.91. The average Bonchev–Trinajstić information content (AvgIpc) is 2.63. The molecule has 9 heteroatoms. The van der Waals surface area contributed by atoms with Gasteiger partial charge in [-0.1, -0.05) is 35.3 Å². The summed E-state index contributed by atoms with van der Waals surface area (Å²) in [4.78, 5) is 33.8. The number of esters is 1. The summed E-state index contributed by atoms with van der Waals surface area (Å²) < 4.78 is 4.84. The van der Waals surface area contributed by atoms with Gasteiger partial charge in [0.1, 0.15) is 5.02 Å². The predicted octanol–water partition coefficient (Wildman–Crippen LogP) is 4.41. The second-order valence-corrected chi connectivity index (χ2v) is 6.18. The number of nitro groups is 1. The number of carbonyl (C=O) groups excluding carboxylic acids is 2. The molecule has 2 aromatic rings. The van der Waals surface area contributed by atoms with Gasteiger partial charge in [-0.25, -0.2) is 4.79 Å². The number of ether oxygens (including phenoxy) is 1. The smallest absolute Gasteiger partial charge is 0.331 e. The maximum Gasteiger partial charge on any atom is 0.331 e. The van der Waals surface area contributed by atoms with Crippen LogP contribution in [-0.2, 0) is 14.3 Å². The van der Waals surface area contributed by atoms with Gasteiger partial charge in [0.05, 0.1) is 4.92 Å². The van der Waals surface area contributed by atoms with Crippen LogP contribution in [-0.4, -0.2) is 23.4 Å². The summed E-state index contributed by atoms with van der Waals surface area (Å²) >= 11 is 11.7. The number of benzene rings is 2. The summed E-state index contributed by atoms with van der Waals surface area (Å²) in [7, 11) is 0. The van der Waals surface area contributed by atoms with E-state index in [0.717, 1.165) is 6.08 Å². The molecule has 0 saturated heterocycles. The fraction of sp³-hybridized carbons (Fsp3) is 0.111. The Kier molecular flexibility index (Phi) is 6.92. The molecule has 0 aromatic heterocycles. The van der Waals surface area contributed by atoms with Gasteiger partial charge in [-0.05, 0) is 42.3 Å². The molecule has 27 heavy (non-hydrogen) atoms. The van der Waals surface area contributed by atoms with Crippen molar-refractivity contribution in [3.8, 4) is 0 Å². The highest BCUT2D eigenvalue weighted by Gasteiger charge is 2.12. The van der Waals surface area contributed by atoms with Crippen molar-refractivity contribution in [1.29, 1.82) is 0 Å². The lowest BCUT2D eigenvalue weighted by molar-refractivity contribution is -0.384. The summed E-state index contributed by atoms with van der Waals surface area (Å²) in [5.74, 6) is -1.30. The Morgan fingerprint density at radius 2 is 1.96 bits per heavy atom. The highest BCUT2D eigenvalue weighted by atomic mass is 35.5. The van der Waals surface area contributed by atoms with E-state index in [1.807, 2.05) is 0 Å². The molecule has 7 nitrogen and oxygen atoms in total. The van der Waals surface area contributed by atoms with Crippen LogP contribution in [0, 0.1) is 17.0 Å². The van der Waals surface area contributed by atoms with Gasteiger partial charge < -0.3 is 10.1 Å². The zero-order valence-electron chi connectivity index (χ0n) is 14.1. The van der Waals surface area contributed by atoms with Gasteiger partial charge in [-0.15, -0.1) is 0 Å². The molecule has 0 saturated carbocycles. The topological polar surface area (TPSA) is 98.5 Å². The summed E-state index contributed by atoms with van der Waals surface area (Å²) in [6.45, 7) is 1.26. The summed E-state index contributed by atoms with van der Waals surface area (Å²) in [5, 5.41) is 13.9. The van der Waals surface area contributed by atoms with Gasteiger partial charge in [0.25, 0.3) is 11.6 Å². The number of nitrogens with one attached hydrogen (secondary N) is 1. The highest BCUT2D eigenvalue weighted by Crippen LogP contribution is 2.25.